The molecule has 122 valence electrons. The largest absolute Gasteiger partial charge is 0.340 e. The number of carbonyl (C=O) groups excluding carboxylic acids is 1. The fourth-order valence-electron chi connectivity index (χ4n) is 2.34. The summed E-state index contributed by atoms with van der Waals surface area (Å²) in [6.45, 7) is 2.07. The molecule has 0 unspecified atom stereocenters. The lowest BCUT2D eigenvalue weighted by Crippen LogP contribution is -2.50. The molecule has 0 saturated carbocycles. The van der Waals surface area contributed by atoms with E-state index in [4.69, 9.17) is 11.6 Å². The van der Waals surface area contributed by atoms with Crippen LogP contribution in [0.1, 0.15) is 6.42 Å². The average Bonchev–Trinajstić information content (AvgIpc) is 2.52. The molecule has 1 aromatic rings. The van der Waals surface area contributed by atoms with Gasteiger partial charge < -0.3 is 10.2 Å². The second-order valence-corrected chi connectivity index (χ2v) is 7.47. The van der Waals surface area contributed by atoms with E-state index in [9.17, 15) is 13.2 Å². The highest BCUT2D eigenvalue weighted by atomic mass is 35.5. The molecule has 0 spiro atoms. The molecule has 1 fully saturated rings. The fraction of sp³-hybridized carbons (Fsp3) is 0.500. The van der Waals surface area contributed by atoms with Crippen LogP contribution < -0.4 is 5.32 Å². The molecule has 1 amide bonds. The summed E-state index contributed by atoms with van der Waals surface area (Å²) < 4.78 is 26.5. The smallest absolute Gasteiger partial charge is 0.243 e. The van der Waals surface area contributed by atoms with Crippen LogP contribution in [0, 0.1) is 0 Å². The second kappa shape index (κ2) is 7.41. The molecule has 1 aliphatic heterocycles. The lowest BCUT2D eigenvalue weighted by Gasteiger charge is -2.34. The van der Waals surface area contributed by atoms with E-state index < -0.39 is 10.0 Å². The Balaban J connectivity index is 2.00. The molecule has 0 bridgehead atoms. The van der Waals surface area contributed by atoms with Crippen molar-refractivity contribution in [3.63, 3.8) is 0 Å². The van der Waals surface area contributed by atoms with Crippen LogP contribution in [-0.4, -0.2) is 63.3 Å². The zero-order chi connectivity index (χ0) is 16.2. The average molecular weight is 346 g/mol. The normalized spacial score (nSPS) is 16.7. The predicted molar refractivity (Wildman–Crippen MR) is 85.3 cm³/mol. The van der Waals surface area contributed by atoms with Crippen LogP contribution in [0.15, 0.2) is 29.2 Å². The first kappa shape index (κ1) is 17.2. The molecule has 8 heteroatoms. The van der Waals surface area contributed by atoms with Crippen molar-refractivity contribution in [2.24, 2.45) is 0 Å². The first-order valence-electron chi connectivity index (χ1n) is 7.13. The van der Waals surface area contributed by atoms with Gasteiger partial charge in [-0.3, -0.25) is 4.79 Å². The van der Waals surface area contributed by atoms with Crippen LogP contribution >= 0.6 is 11.6 Å². The van der Waals surface area contributed by atoms with Gasteiger partial charge in [-0.25, -0.2) is 8.42 Å². The van der Waals surface area contributed by atoms with Crippen molar-refractivity contribution in [2.45, 2.75) is 11.3 Å². The molecule has 22 heavy (non-hydrogen) atoms. The number of nitrogens with one attached hydrogen (secondary N) is 1. The van der Waals surface area contributed by atoms with Crippen LogP contribution in [0.4, 0.5) is 0 Å². The number of hydrogen-bond donors (Lipinski definition) is 1. The maximum Gasteiger partial charge on any atom is 0.243 e. The summed E-state index contributed by atoms with van der Waals surface area (Å²) in [4.78, 5) is 13.8. The third-order valence-corrected chi connectivity index (χ3v) is 5.74. The Labute approximate surface area is 136 Å². The maximum absolute atomic E-state index is 12.5. The molecule has 1 N–H and O–H groups in total. The first-order valence-corrected chi connectivity index (χ1v) is 8.95. The summed E-state index contributed by atoms with van der Waals surface area (Å²) in [6, 6.07) is 6.23. The van der Waals surface area contributed by atoms with Gasteiger partial charge in [0.15, 0.2) is 0 Å². The Morgan fingerprint density at radius 3 is 2.55 bits per heavy atom. The predicted octanol–water partition coefficient (Wildman–Crippen LogP) is 0.782. The second-order valence-electron chi connectivity index (χ2n) is 5.10. The zero-order valence-corrected chi connectivity index (χ0v) is 14.0. The standard InChI is InChI=1S/C14H20ClN3O3S/c1-16-6-5-14(19)17-7-9-18(10-8-17)22(20,21)13-4-2-3-12(15)11-13/h2-4,11,16H,5-10H2,1H3. The van der Waals surface area contributed by atoms with E-state index >= 15 is 0 Å². The van der Waals surface area contributed by atoms with Crippen molar-refractivity contribution < 1.29 is 13.2 Å². The summed E-state index contributed by atoms with van der Waals surface area (Å²) in [5.41, 5.74) is 0. The Kier molecular flexibility index (Phi) is 5.80. The molecule has 2 rings (SSSR count). The van der Waals surface area contributed by atoms with E-state index in [1.165, 1.54) is 16.4 Å². The van der Waals surface area contributed by atoms with Crippen LogP contribution in [0.2, 0.25) is 5.02 Å². The molecule has 0 atom stereocenters. The third-order valence-electron chi connectivity index (χ3n) is 3.61. The quantitative estimate of drug-likeness (QED) is 0.856. The molecule has 1 heterocycles. The van der Waals surface area contributed by atoms with E-state index in [-0.39, 0.29) is 10.8 Å². The van der Waals surface area contributed by atoms with Crippen LogP contribution in [0.25, 0.3) is 0 Å². The van der Waals surface area contributed by atoms with Crippen LogP contribution in [-0.2, 0) is 14.8 Å². The van der Waals surface area contributed by atoms with Crippen molar-refractivity contribution >= 4 is 27.5 Å². The summed E-state index contributed by atoms with van der Waals surface area (Å²) in [7, 11) is -1.76. The van der Waals surface area contributed by atoms with Gasteiger partial charge in [-0.2, -0.15) is 4.31 Å². The van der Waals surface area contributed by atoms with E-state index in [0.29, 0.717) is 44.2 Å². The van der Waals surface area contributed by atoms with Crippen molar-refractivity contribution in [3.05, 3.63) is 29.3 Å². The molecule has 6 nitrogen and oxygen atoms in total. The number of halogens is 1. The van der Waals surface area contributed by atoms with E-state index in [1.54, 1.807) is 24.1 Å². The summed E-state index contributed by atoms with van der Waals surface area (Å²) in [6.07, 6.45) is 0.428. The van der Waals surface area contributed by atoms with Gasteiger partial charge in [0.05, 0.1) is 4.90 Å². The number of rotatable bonds is 5. The molecule has 0 aromatic heterocycles. The monoisotopic (exact) mass is 345 g/mol. The number of amides is 1. The minimum atomic E-state index is -3.55. The minimum Gasteiger partial charge on any atom is -0.340 e. The van der Waals surface area contributed by atoms with Crippen LogP contribution in [0.5, 0.6) is 0 Å². The fourth-order valence-corrected chi connectivity index (χ4v) is 4.07. The molecular weight excluding hydrogens is 326 g/mol. The summed E-state index contributed by atoms with van der Waals surface area (Å²) in [5, 5.41) is 3.32. The topological polar surface area (TPSA) is 69.7 Å². The number of carbonyl (C=O) groups is 1. The molecular formula is C14H20ClN3O3S. The van der Waals surface area contributed by atoms with Crippen molar-refractivity contribution in [3.8, 4) is 0 Å². The molecule has 1 aliphatic rings. The Morgan fingerprint density at radius 2 is 1.95 bits per heavy atom. The zero-order valence-electron chi connectivity index (χ0n) is 12.5. The van der Waals surface area contributed by atoms with Gasteiger partial charge in [-0.15, -0.1) is 0 Å². The highest BCUT2D eigenvalue weighted by Gasteiger charge is 2.29. The minimum absolute atomic E-state index is 0.0501. The highest BCUT2D eigenvalue weighted by molar-refractivity contribution is 7.89. The van der Waals surface area contributed by atoms with Gasteiger partial charge in [0.1, 0.15) is 0 Å². The summed E-state index contributed by atoms with van der Waals surface area (Å²) in [5.74, 6) is 0.0501. The summed E-state index contributed by atoms with van der Waals surface area (Å²) >= 11 is 5.86. The van der Waals surface area contributed by atoms with Gasteiger partial charge in [-0.05, 0) is 25.2 Å². The van der Waals surface area contributed by atoms with E-state index in [2.05, 4.69) is 5.32 Å². The van der Waals surface area contributed by atoms with Gasteiger partial charge in [0, 0.05) is 44.2 Å². The van der Waals surface area contributed by atoms with Gasteiger partial charge in [0.2, 0.25) is 15.9 Å². The number of piperazine rings is 1. The molecule has 0 aliphatic carbocycles. The van der Waals surface area contributed by atoms with Gasteiger partial charge >= 0.3 is 0 Å². The number of benzene rings is 1. The highest BCUT2D eigenvalue weighted by Crippen LogP contribution is 2.20. The molecule has 1 aromatic carbocycles. The Bertz CT molecular complexity index is 628. The number of sulfonamides is 1. The van der Waals surface area contributed by atoms with Crippen molar-refractivity contribution in [2.75, 3.05) is 39.8 Å². The van der Waals surface area contributed by atoms with E-state index in [0.717, 1.165) is 0 Å². The number of nitrogens with zero attached hydrogens (tertiary/aromatic N) is 2. The maximum atomic E-state index is 12.5. The third kappa shape index (κ3) is 3.98. The van der Waals surface area contributed by atoms with Crippen LogP contribution in [0.3, 0.4) is 0 Å². The Hall–Kier alpha value is -1.15. The van der Waals surface area contributed by atoms with E-state index in [1.807, 2.05) is 0 Å². The lowest BCUT2D eigenvalue weighted by molar-refractivity contribution is -0.132. The SMILES string of the molecule is CNCCC(=O)N1CCN(S(=O)(=O)c2cccc(Cl)c2)CC1. The van der Waals surface area contributed by atoms with Gasteiger partial charge in [0.25, 0.3) is 0 Å². The first-order chi connectivity index (χ1) is 10.4. The van der Waals surface area contributed by atoms with Crippen molar-refractivity contribution in [1.29, 1.82) is 0 Å². The lowest BCUT2D eigenvalue weighted by atomic mass is 10.3. The number of hydrogen-bond acceptors (Lipinski definition) is 4. The van der Waals surface area contributed by atoms with Crippen molar-refractivity contribution in [1.82, 2.24) is 14.5 Å². The molecule has 0 radical (unpaired) electrons. The Morgan fingerprint density at radius 1 is 1.27 bits per heavy atom. The molecule has 1 saturated heterocycles. The van der Waals surface area contributed by atoms with Gasteiger partial charge in [-0.1, -0.05) is 17.7 Å².